The Labute approximate surface area is 150 Å². The Morgan fingerprint density at radius 1 is 1.35 bits per heavy atom. The molecule has 126 valence electrons. The zero-order chi connectivity index (χ0) is 17.0. The highest BCUT2D eigenvalue weighted by molar-refractivity contribution is 9.10. The molecule has 1 aliphatic rings. The molecular weight excluding hydrogens is 382 g/mol. The van der Waals surface area contributed by atoms with E-state index in [4.69, 9.17) is 16.3 Å². The Balaban J connectivity index is 1.86. The molecule has 6 heteroatoms. The molecule has 0 aromatic heterocycles. The first kappa shape index (κ1) is 18.3. The van der Waals surface area contributed by atoms with Gasteiger partial charge in [-0.25, -0.2) is 4.79 Å². The summed E-state index contributed by atoms with van der Waals surface area (Å²) in [6.07, 6.45) is 3.29. The van der Waals surface area contributed by atoms with Gasteiger partial charge in [0.15, 0.2) is 6.61 Å². The first-order valence-corrected chi connectivity index (χ1v) is 8.97. The number of esters is 1. The highest BCUT2D eigenvalue weighted by Crippen LogP contribution is 2.29. The molecule has 1 amide bonds. The van der Waals surface area contributed by atoms with Crippen molar-refractivity contribution in [2.24, 2.45) is 11.8 Å². The molecule has 4 nitrogen and oxygen atoms in total. The zero-order valence-electron chi connectivity index (χ0n) is 13.3. The van der Waals surface area contributed by atoms with Crippen LogP contribution in [0.2, 0.25) is 5.02 Å². The lowest BCUT2D eigenvalue weighted by molar-refractivity contribution is -0.125. The lowest BCUT2D eigenvalue weighted by Gasteiger charge is -2.34. The van der Waals surface area contributed by atoms with Gasteiger partial charge in [-0.3, -0.25) is 4.79 Å². The van der Waals surface area contributed by atoms with E-state index >= 15 is 0 Å². The molecule has 0 bridgehead atoms. The van der Waals surface area contributed by atoms with Crippen LogP contribution in [0.15, 0.2) is 22.7 Å². The quantitative estimate of drug-likeness (QED) is 0.768. The van der Waals surface area contributed by atoms with Gasteiger partial charge in [0.1, 0.15) is 0 Å². The van der Waals surface area contributed by atoms with E-state index < -0.39 is 5.97 Å². The fourth-order valence-electron chi connectivity index (χ4n) is 2.90. The summed E-state index contributed by atoms with van der Waals surface area (Å²) in [4.78, 5) is 24.0. The number of rotatable bonds is 4. The number of hydrogen-bond donors (Lipinski definition) is 1. The summed E-state index contributed by atoms with van der Waals surface area (Å²) >= 11 is 9.25. The van der Waals surface area contributed by atoms with Crippen molar-refractivity contribution in [2.75, 3.05) is 6.61 Å². The molecule has 0 unspecified atom stereocenters. The monoisotopic (exact) mass is 401 g/mol. The van der Waals surface area contributed by atoms with Crippen molar-refractivity contribution < 1.29 is 14.3 Å². The number of benzene rings is 1. The summed E-state index contributed by atoms with van der Waals surface area (Å²) < 4.78 is 5.80. The molecule has 0 radical (unpaired) electrons. The van der Waals surface area contributed by atoms with Gasteiger partial charge < -0.3 is 10.1 Å². The van der Waals surface area contributed by atoms with Gasteiger partial charge in [0.05, 0.1) is 10.6 Å². The highest BCUT2D eigenvalue weighted by Gasteiger charge is 2.28. The van der Waals surface area contributed by atoms with Gasteiger partial charge in [0.25, 0.3) is 5.91 Å². The van der Waals surface area contributed by atoms with Crippen molar-refractivity contribution in [1.82, 2.24) is 5.32 Å². The number of carbonyl (C=O) groups is 2. The van der Waals surface area contributed by atoms with Crippen molar-refractivity contribution in [2.45, 2.75) is 39.2 Å². The number of amides is 1. The molecule has 0 saturated heterocycles. The Hall–Kier alpha value is -1.07. The molecule has 0 aliphatic heterocycles. The third kappa shape index (κ3) is 4.95. The van der Waals surface area contributed by atoms with Crippen LogP contribution in [-0.2, 0) is 9.53 Å². The van der Waals surface area contributed by atoms with Gasteiger partial charge >= 0.3 is 5.97 Å². The van der Waals surface area contributed by atoms with Crippen LogP contribution in [-0.4, -0.2) is 24.5 Å². The van der Waals surface area contributed by atoms with Crippen LogP contribution in [0, 0.1) is 11.8 Å². The number of hydrogen-bond acceptors (Lipinski definition) is 3. The molecule has 1 aromatic carbocycles. The Kier molecular flexibility index (Phi) is 6.48. The van der Waals surface area contributed by atoms with E-state index in [1.807, 2.05) is 0 Å². The Morgan fingerprint density at radius 3 is 2.83 bits per heavy atom. The van der Waals surface area contributed by atoms with Crippen LogP contribution in [0.5, 0.6) is 0 Å². The minimum Gasteiger partial charge on any atom is -0.452 e. The average molecular weight is 403 g/mol. The summed E-state index contributed by atoms with van der Waals surface area (Å²) in [5.41, 5.74) is 0.244. The van der Waals surface area contributed by atoms with E-state index in [-0.39, 0.29) is 24.1 Å². The summed E-state index contributed by atoms with van der Waals surface area (Å²) in [7, 11) is 0. The number of halogens is 2. The van der Waals surface area contributed by atoms with Gasteiger partial charge in [0.2, 0.25) is 0 Å². The van der Waals surface area contributed by atoms with E-state index in [0.29, 0.717) is 16.9 Å². The molecule has 1 fully saturated rings. The number of nitrogens with one attached hydrogen (secondary N) is 1. The third-order valence-corrected chi connectivity index (χ3v) is 5.36. The predicted octanol–water partition coefficient (Wildman–Crippen LogP) is 4.20. The molecule has 1 saturated carbocycles. The largest absolute Gasteiger partial charge is 0.452 e. The SMILES string of the molecule is C[C@H]1[C@@H](NC(=O)COC(=O)c2cc(Br)ccc2Cl)CCC[C@@H]1C. The maximum absolute atomic E-state index is 12.0. The molecule has 0 spiro atoms. The van der Waals surface area contributed by atoms with Crippen molar-refractivity contribution in [3.05, 3.63) is 33.3 Å². The fraction of sp³-hybridized carbons (Fsp3) is 0.529. The highest BCUT2D eigenvalue weighted by atomic mass is 79.9. The average Bonchev–Trinajstić information content (AvgIpc) is 2.52. The minimum atomic E-state index is -0.600. The first-order chi connectivity index (χ1) is 10.9. The Morgan fingerprint density at radius 2 is 2.09 bits per heavy atom. The molecule has 2 rings (SSSR count). The maximum Gasteiger partial charge on any atom is 0.340 e. The van der Waals surface area contributed by atoms with Crippen molar-refractivity contribution in [1.29, 1.82) is 0 Å². The summed E-state index contributed by atoms with van der Waals surface area (Å²) in [6, 6.07) is 5.07. The van der Waals surface area contributed by atoms with E-state index in [0.717, 1.165) is 17.3 Å². The van der Waals surface area contributed by atoms with Crippen LogP contribution < -0.4 is 5.32 Å². The zero-order valence-corrected chi connectivity index (χ0v) is 15.6. The van der Waals surface area contributed by atoms with E-state index in [1.54, 1.807) is 18.2 Å². The molecule has 3 atom stereocenters. The summed E-state index contributed by atoms with van der Waals surface area (Å²) in [5.74, 6) is 0.159. The maximum atomic E-state index is 12.0. The van der Waals surface area contributed by atoms with E-state index in [2.05, 4.69) is 35.1 Å². The summed E-state index contributed by atoms with van der Waals surface area (Å²) in [5, 5.41) is 3.27. The second-order valence-corrected chi connectivity index (χ2v) is 7.46. The second-order valence-electron chi connectivity index (χ2n) is 6.14. The minimum absolute atomic E-state index is 0.152. The van der Waals surface area contributed by atoms with E-state index in [9.17, 15) is 9.59 Å². The molecule has 0 heterocycles. The molecule has 23 heavy (non-hydrogen) atoms. The van der Waals surface area contributed by atoms with Gasteiger partial charge in [-0.15, -0.1) is 0 Å². The number of carbonyl (C=O) groups excluding carboxylic acids is 2. The Bertz CT molecular complexity index is 593. The van der Waals surface area contributed by atoms with Crippen LogP contribution in [0.25, 0.3) is 0 Å². The number of ether oxygens (including phenoxy) is 1. The summed E-state index contributed by atoms with van der Waals surface area (Å²) in [6.45, 7) is 4.07. The normalized spacial score (nSPS) is 24.1. The van der Waals surface area contributed by atoms with Gasteiger partial charge in [-0.05, 0) is 36.5 Å². The molecule has 1 N–H and O–H groups in total. The van der Waals surface area contributed by atoms with E-state index in [1.165, 1.54) is 6.42 Å². The molecular formula is C17H21BrClNO3. The predicted molar refractivity (Wildman–Crippen MR) is 93.5 cm³/mol. The topological polar surface area (TPSA) is 55.4 Å². The third-order valence-electron chi connectivity index (χ3n) is 4.54. The van der Waals surface area contributed by atoms with Gasteiger partial charge in [-0.1, -0.05) is 54.2 Å². The lowest BCUT2D eigenvalue weighted by Crippen LogP contribution is -2.45. The van der Waals surface area contributed by atoms with Crippen molar-refractivity contribution in [3.63, 3.8) is 0 Å². The van der Waals surface area contributed by atoms with Crippen LogP contribution in [0.3, 0.4) is 0 Å². The fourth-order valence-corrected chi connectivity index (χ4v) is 3.45. The molecule has 1 aromatic rings. The van der Waals surface area contributed by atoms with Crippen LogP contribution >= 0.6 is 27.5 Å². The van der Waals surface area contributed by atoms with Crippen LogP contribution in [0.4, 0.5) is 0 Å². The second kappa shape index (κ2) is 8.15. The van der Waals surface area contributed by atoms with Crippen molar-refractivity contribution >= 4 is 39.4 Å². The van der Waals surface area contributed by atoms with Crippen molar-refractivity contribution in [3.8, 4) is 0 Å². The van der Waals surface area contributed by atoms with Gasteiger partial charge in [0, 0.05) is 10.5 Å². The molecule has 1 aliphatic carbocycles. The van der Waals surface area contributed by atoms with Crippen LogP contribution in [0.1, 0.15) is 43.5 Å². The lowest BCUT2D eigenvalue weighted by atomic mass is 9.78. The first-order valence-electron chi connectivity index (χ1n) is 7.80. The smallest absolute Gasteiger partial charge is 0.340 e. The van der Waals surface area contributed by atoms with Gasteiger partial charge in [-0.2, -0.15) is 0 Å². The standard InChI is InChI=1S/C17H21BrClNO3/c1-10-4-3-5-15(11(10)2)20-16(21)9-23-17(22)13-8-12(18)6-7-14(13)19/h6-8,10-11,15H,3-5,9H2,1-2H3,(H,20,21)/t10-,11+,15-/m0/s1.